The lowest BCUT2D eigenvalue weighted by Gasteiger charge is -2.34. The van der Waals surface area contributed by atoms with Crippen LogP contribution >= 0.6 is 0 Å². The topological polar surface area (TPSA) is 0 Å². The van der Waals surface area contributed by atoms with Crippen molar-refractivity contribution in [2.24, 2.45) is 5.41 Å². The average molecular weight is 248 g/mol. The highest BCUT2D eigenvalue weighted by atomic mass is 14.3. The van der Waals surface area contributed by atoms with Crippen LogP contribution < -0.4 is 0 Å². The summed E-state index contributed by atoms with van der Waals surface area (Å²) in [5.41, 5.74) is 2.13. The van der Waals surface area contributed by atoms with Crippen LogP contribution in [0.15, 0.2) is 30.3 Å². The van der Waals surface area contributed by atoms with Crippen LogP contribution in [0.4, 0.5) is 0 Å². The van der Waals surface area contributed by atoms with Gasteiger partial charge >= 0.3 is 0 Å². The second kappa shape index (κ2) is 9.19. The van der Waals surface area contributed by atoms with Gasteiger partial charge in [0.2, 0.25) is 0 Å². The van der Waals surface area contributed by atoms with Crippen molar-refractivity contribution in [2.75, 3.05) is 0 Å². The fourth-order valence-electron chi connectivity index (χ4n) is 2.46. The van der Waals surface area contributed by atoms with Crippen molar-refractivity contribution in [3.05, 3.63) is 35.9 Å². The van der Waals surface area contributed by atoms with E-state index in [-0.39, 0.29) is 0 Å². The van der Waals surface area contributed by atoms with E-state index in [9.17, 15) is 0 Å². The van der Waals surface area contributed by atoms with Gasteiger partial charge in [-0.25, -0.2) is 0 Å². The minimum Gasteiger partial charge on any atom is -0.0683 e. The van der Waals surface area contributed by atoms with Crippen molar-refractivity contribution in [3.8, 4) is 0 Å². The first-order chi connectivity index (χ1) is 8.67. The minimum atomic E-state index is 0.589. The highest BCUT2D eigenvalue weighted by Crippen LogP contribution is 2.42. The van der Waals surface area contributed by atoms with Gasteiger partial charge in [0.15, 0.2) is 0 Å². The van der Waals surface area contributed by atoms with Gasteiger partial charge in [-0.1, -0.05) is 71.9 Å². The molecule has 1 fully saturated rings. The first-order valence-corrected chi connectivity index (χ1v) is 7.72. The molecule has 0 radical (unpaired) electrons. The Bertz CT molecular complexity index is 274. The standard InChI is InChI=1S/C14H20.2C2H6/c1-14(2)10-8-13(9-11-14)12-6-4-3-5-7-12;2*1-2/h3-7,13H,8-11H2,1-2H3;2*1-2H3. The number of rotatable bonds is 1. The third kappa shape index (κ3) is 5.71. The van der Waals surface area contributed by atoms with Crippen LogP contribution in [0.2, 0.25) is 0 Å². The zero-order chi connectivity index (χ0) is 14.0. The van der Waals surface area contributed by atoms with Crippen LogP contribution in [0, 0.1) is 5.41 Å². The van der Waals surface area contributed by atoms with Gasteiger partial charge in [-0.05, 0) is 42.6 Å². The lowest BCUT2D eigenvalue weighted by atomic mass is 9.71. The van der Waals surface area contributed by atoms with Gasteiger partial charge in [0, 0.05) is 0 Å². The summed E-state index contributed by atoms with van der Waals surface area (Å²) in [5, 5.41) is 0. The van der Waals surface area contributed by atoms with E-state index in [1.807, 2.05) is 27.7 Å². The molecular weight excluding hydrogens is 216 g/mol. The van der Waals surface area contributed by atoms with E-state index in [0.29, 0.717) is 5.41 Å². The monoisotopic (exact) mass is 248 g/mol. The Morgan fingerprint density at radius 1 is 0.833 bits per heavy atom. The molecular formula is C18H32. The number of hydrogen-bond donors (Lipinski definition) is 0. The molecule has 0 nitrogen and oxygen atoms in total. The smallest absolute Gasteiger partial charge is 0.0162 e. The Labute approximate surface area is 115 Å². The Morgan fingerprint density at radius 3 is 1.72 bits per heavy atom. The largest absolute Gasteiger partial charge is 0.0683 e. The van der Waals surface area contributed by atoms with E-state index in [0.717, 1.165) is 5.92 Å². The molecule has 0 unspecified atom stereocenters. The highest BCUT2D eigenvalue weighted by molar-refractivity contribution is 5.20. The summed E-state index contributed by atoms with van der Waals surface area (Å²) in [5.74, 6) is 0.823. The lowest BCUT2D eigenvalue weighted by molar-refractivity contribution is 0.224. The Morgan fingerprint density at radius 2 is 1.28 bits per heavy atom. The molecule has 0 aliphatic heterocycles. The fourth-order valence-corrected chi connectivity index (χ4v) is 2.46. The third-order valence-electron chi connectivity index (χ3n) is 3.61. The van der Waals surface area contributed by atoms with Crippen molar-refractivity contribution in [2.45, 2.75) is 73.1 Å². The summed E-state index contributed by atoms with van der Waals surface area (Å²) >= 11 is 0. The fraction of sp³-hybridized carbons (Fsp3) is 0.667. The first kappa shape index (κ1) is 17.2. The van der Waals surface area contributed by atoms with Crippen LogP contribution in [-0.2, 0) is 0 Å². The second-order valence-electron chi connectivity index (χ2n) is 5.35. The van der Waals surface area contributed by atoms with E-state index in [1.54, 1.807) is 5.56 Å². The highest BCUT2D eigenvalue weighted by Gasteiger charge is 2.27. The summed E-state index contributed by atoms with van der Waals surface area (Å²) in [6.07, 6.45) is 5.51. The number of benzene rings is 1. The quantitative estimate of drug-likeness (QED) is 0.537. The van der Waals surface area contributed by atoms with Crippen LogP contribution in [0.1, 0.15) is 78.7 Å². The van der Waals surface area contributed by atoms with Crippen molar-refractivity contribution in [1.82, 2.24) is 0 Å². The van der Waals surface area contributed by atoms with Gasteiger partial charge < -0.3 is 0 Å². The Hall–Kier alpha value is -0.780. The van der Waals surface area contributed by atoms with Crippen LogP contribution in [-0.4, -0.2) is 0 Å². The molecule has 0 aromatic heterocycles. The van der Waals surface area contributed by atoms with E-state index < -0.39 is 0 Å². The van der Waals surface area contributed by atoms with Crippen LogP contribution in [0.5, 0.6) is 0 Å². The maximum atomic E-state index is 2.40. The van der Waals surface area contributed by atoms with Gasteiger partial charge in [0.25, 0.3) is 0 Å². The van der Waals surface area contributed by atoms with Gasteiger partial charge in [-0.15, -0.1) is 0 Å². The molecule has 0 bridgehead atoms. The van der Waals surface area contributed by atoms with Crippen molar-refractivity contribution in [3.63, 3.8) is 0 Å². The molecule has 104 valence electrons. The molecule has 0 spiro atoms. The molecule has 0 amide bonds. The second-order valence-corrected chi connectivity index (χ2v) is 5.35. The van der Waals surface area contributed by atoms with E-state index in [4.69, 9.17) is 0 Å². The average Bonchev–Trinajstić information content (AvgIpc) is 2.44. The predicted octanol–water partition coefficient (Wildman–Crippen LogP) is 6.42. The molecule has 1 aliphatic carbocycles. The maximum absolute atomic E-state index is 2.40. The van der Waals surface area contributed by atoms with Gasteiger partial charge in [-0.2, -0.15) is 0 Å². The molecule has 0 N–H and O–H groups in total. The van der Waals surface area contributed by atoms with Gasteiger partial charge in [-0.3, -0.25) is 0 Å². The molecule has 0 atom stereocenters. The molecule has 0 heteroatoms. The number of hydrogen-bond acceptors (Lipinski definition) is 0. The van der Waals surface area contributed by atoms with E-state index in [2.05, 4.69) is 44.2 Å². The summed E-state index contributed by atoms with van der Waals surface area (Å²) in [6, 6.07) is 11.0. The lowest BCUT2D eigenvalue weighted by Crippen LogP contribution is -2.20. The molecule has 1 aliphatic rings. The molecule has 18 heavy (non-hydrogen) atoms. The molecule has 1 aromatic rings. The summed E-state index contributed by atoms with van der Waals surface area (Å²) in [6.45, 7) is 12.8. The zero-order valence-corrected chi connectivity index (χ0v) is 13.3. The summed E-state index contributed by atoms with van der Waals surface area (Å²) in [4.78, 5) is 0. The summed E-state index contributed by atoms with van der Waals surface area (Å²) < 4.78 is 0. The van der Waals surface area contributed by atoms with E-state index >= 15 is 0 Å². The van der Waals surface area contributed by atoms with E-state index in [1.165, 1.54) is 25.7 Å². The predicted molar refractivity (Wildman–Crippen MR) is 84.1 cm³/mol. The molecule has 1 aromatic carbocycles. The van der Waals surface area contributed by atoms with Crippen molar-refractivity contribution in [1.29, 1.82) is 0 Å². The first-order valence-electron chi connectivity index (χ1n) is 7.72. The molecule has 0 heterocycles. The van der Waals surface area contributed by atoms with Gasteiger partial charge in [0.1, 0.15) is 0 Å². The van der Waals surface area contributed by atoms with Crippen LogP contribution in [0.25, 0.3) is 0 Å². The molecule has 1 saturated carbocycles. The Balaban J connectivity index is 0.000000659. The molecule has 0 saturated heterocycles. The summed E-state index contributed by atoms with van der Waals surface area (Å²) in [7, 11) is 0. The zero-order valence-electron chi connectivity index (χ0n) is 13.3. The third-order valence-corrected chi connectivity index (χ3v) is 3.61. The van der Waals surface area contributed by atoms with Crippen molar-refractivity contribution < 1.29 is 0 Å². The van der Waals surface area contributed by atoms with Crippen molar-refractivity contribution >= 4 is 0 Å². The van der Waals surface area contributed by atoms with Crippen LogP contribution in [0.3, 0.4) is 0 Å². The molecule has 2 rings (SSSR count). The SMILES string of the molecule is CC.CC.CC1(C)CCC(c2ccccc2)CC1. The Kier molecular flexibility index (Phi) is 8.79. The normalized spacial score (nSPS) is 17.9. The maximum Gasteiger partial charge on any atom is -0.0162 e. The minimum absolute atomic E-state index is 0.589. The van der Waals surface area contributed by atoms with Gasteiger partial charge in [0.05, 0.1) is 0 Å².